The Labute approximate surface area is 154 Å². The molecular formula is C17H27N3O5S. The van der Waals surface area contributed by atoms with Gasteiger partial charge in [-0.15, -0.1) is 0 Å². The largest absolute Gasteiger partial charge is 0.496 e. The molecule has 1 aromatic rings. The molecule has 0 aromatic heterocycles. The van der Waals surface area contributed by atoms with Crippen molar-refractivity contribution in [2.75, 3.05) is 33.3 Å². The van der Waals surface area contributed by atoms with E-state index in [0.717, 1.165) is 5.56 Å². The number of carbonyl (C=O) groups is 1. The van der Waals surface area contributed by atoms with Gasteiger partial charge >= 0.3 is 5.97 Å². The van der Waals surface area contributed by atoms with E-state index in [1.165, 1.54) is 20.5 Å². The number of sulfone groups is 1. The highest BCUT2D eigenvalue weighted by atomic mass is 32.2. The van der Waals surface area contributed by atoms with Gasteiger partial charge in [0.25, 0.3) is 0 Å². The Morgan fingerprint density at radius 3 is 2.54 bits per heavy atom. The number of methoxy groups -OCH3 is 2. The third-order valence-corrected chi connectivity index (χ3v) is 4.64. The van der Waals surface area contributed by atoms with Crippen LogP contribution in [0.25, 0.3) is 0 Å². The predicted octanol–water partition coefficient (Wildman–Crippen LogP) is 0.970. The van der Waals surface area contributed by atoms with Crippen LogP contribution in [-0.2, 0) is 21.1 Å². The first kappa shape index (κ1) is 21.8. The lowest BCUT2D eigenvalue weighted by Crippen LogP contribution is -2.42. The first-order chi connectivity index (χ1) is 12.2. The van der Waals surface area contributed by atoms with Crippen LogP contribution in [-0.4, -0.2) is 59.7 Å². The Balaban J connectivity index is 2.67. The number of hydrogen-bond donors (Lipinski definition) is 2. The molecule has 1 unspecified atom stereocenters. The lowest BCUT2D eigenvalue weighted by molar-refractivity contribution is 0.0597. The quantitative estimate of drug-likeness (QED) is 0.390. The summed E-state index contributed by atoms with van der Waals surface area (Å²) in [5, 5.41) is 6.29. The van der Waals surface area contributed by atoms with Gasteiger partial charge in [0.2, 0.25) is 0 Å². The topological polar surface area (TPSA) is 106 Å². The molecule has 2 N–H and O–H groups in total. The minimum Gasteiger partial charge on any atom is -0.496 e. The predicted molar refractivity (Wildman–Crippen MR) is 101 cm³/mol. The van der Waals surface area contributed by atoms with Gasteiger partial charge in [-0.05, 0) is 31.0 Å². The zero-order valence-electron chi connectivity index (χ0n) is 15.8. The minimum absolute atomic E-state index is 0.0489. The maximum absolute atomic E-state index is 11.7. The first-order valence-corrected chi connectivity index (χ1v) is 10.2. The van der Waals surface area contributed by atoms with Crippen LogP contribution in [0.1, 0.15) is 29.3 Å². The average molecular weight is 385 g/mol. The van der Waals surface area contributed by atoms with Crippen molar-refractivity contribution in [2.45, 2.75) is 25.9 Å². The van der Waals surface area contributed by atoms with E-state index in [4.69, 9.17) is 9.47 Å². The van der Waals surface area contributed by atoms with E-state index in [2.05, 4.69) is 15.6 Å². The number of esters is 1. The zero-order chi connectivity index (χ0) is 19.7. The van der Waals surface area contributed by atoms with Gasteiger partial charge in [-0.3, -0.25) is 4.99 Å². The summed E-state index contributed by atoms with van der Waals surface area (Å²) in [4.78, 5) is 15.8. The van der Waals surface area contributed by atoms with Crippen LogP contribution in [0, 0.1) is 0 Å². The normalized spacial score (nSPS) is 13.0. The van der Waals surface area contributed by atoms with Crippen LogP contribution in [0.2, 0.25) is 0 Å². The molecule has 1 aromatic carbocycles. The van der Waals surface area contributed by atoms with Crippen LogP contribution < -0.4 is 15.4 Å². The van der Waals surface area contributed by atoms with Gasteiger partial charge in [-0.2, -0.15) is 0 Å². The highest BCUT2D eigenvalue weighted by molar-refractivity contribution is 7.90. The number of guanidine groups is 1. The fraction of sp³-hybridized carbons (Fsp3) is 0.529. The summed E-state index contributed by atoms with van der Waals surface area (Å²) in [5.41, 5.74) is 1.25. The fourth-order valence-corrected chi connectivity index (χ4v) is 2.98. The highest BCUT2D eigenvalue weighted by Gasteiger charge is 2.13. The van der Waals surface area contributed by atoms with Crippen molar-refractivity contribution in [1.82, 2.24) is 10.6 Å². The summed E-state index contributed by atoms with van der Waals surface area (Å²) in [6, 6.07) is 5.14. The second kappa shape index (κ2) is 10.0. The monoisotopic (exact) mass is 385 g/mol. The molecule has 0 amide bonds. The number of aliphatic imine (C=N–C) groups is 1. The summed E-state index contributed by atoms with van der Waals surface area (Å²) in [6.45, 7) is 2.35. The smallest absolute Gasteiger partial charge is 0.341 e. The molecule has 8 nitrogen and oxygen atoms in total. The molecular weight excluding hydrogens is 358 g/mol. The molecule has 0 fully saturated rings. The van der Waals surface area contributed by atoms with E-state index >= 15 is 0 Å². The standard InChI is InChI=1S/C17H27N3O5S/c1-12(8-9-26(5,22)23)20-17(18-2)19-11-13-6-7-14(16(21)25-4)15(10-13)24-3/h6-7,10,12H,8-9,11H2,1-5H3,(H2,18,19,20). The van der Waals surface area contributed by atoms with Gasteiger partial charge < -0.3 is 20.1 Å². The Morgan fingerprint density at radius 2 is 2.00 bits per heavy atom. The molecule has 146 valence electrons. The van der Waals surface area contributed by atoms with Crippen LogP contribution in [0.5, 0.6) is 5.75 Å². The van der Waals surface area contributed by atoms with Crippen molar-refractivity contribution in [2.24, 2.45) is 4.99 Å². The number of benzene rings is 1. The summed E-state index contributed by atoms with van der Waals surface area (Å²) < 4.78 is 32.4. The minimum atomic E-state index is -2.99. The molecule has 0 aliphatic carbocycles. The maximum Gasteiger partial charge on any atom is 0.341 e. The van der Waals surface area contributed by atoms with E-state index in [1.807, 2.05) is 6.92 Å². The number of ether oxygens (including phenoxy) is 2. The molecule has 0 spiro atoms. The molecule has 26 heavy (non-hydrogen) atoms. The van der Waals surface area contributed by atoms with Crippen molar-refractivity contribution in [3.8, 4) is 5.75 Å². The van der Waals surface area contributed by atoms with Crippen molar-refractivity contribution in [1.29, 1.82) is 0 Å². The molecule has 0 saturated carbocycles. The molecule has 0 saturated heterocycles. The third-order valence-electron chi connectivity index (χ3n) is 3.66. The highest BCUT2D eigenvalue weighted by Crippen LogP contribution is 2.21. The lowest BCUT2D eigenvalue weighted by atomic mass is 10.1. The lowest BCUT2D eigenvalue weighted by Gasteiger charge is -2.18. The second-order valence-electron chi connectivity index (χ2n) is 5.92. The summed E-state index contributed by atoms with van der Waals surface area (Å²) in [5.74, 6) is 0.644. The van der Waals surface area contributed by atoms with Gasteiger partial charge in [0.15, 0.2) is 5.96 Å². The molecule has 1 atom stereocenters. The van der Waals surface area contributed by atoms with Crippen molar-refractivity contribution >= 4 is 21.8 Å². The van der Waals surface area contributed by atoms with E-state index in [-0.39, 0.29) is 11.8 Å². The summed E-state index contributed by atoms with van der Waals surface area (Å²) in [7, 11) is 1.45. The summed E-state index contributed by atoms with van der Waals surface area (Å²) in [6.07, 6.45) is 1.71. The van der Waals surface area contributed by atoms with Crippen molar-refractivity contribution in [3.63, 3.8) is 0 Å². The molecule has 0 heterocycles. The number of nitrogens with one attached hydrogen (secondary N) is 2. The molecule has 0 aliphatic heterocycles. The van der Waals surface area contributed by atoms with Crippen molar-refractivity contribution in [3.05, 3.63) is 29.3 Å². The van der Waals surface area contributed by atoms with Gasteiger partial charge in [0.1, 0.15) is 21.2 Å². The number of carbonyl (C=O) groups excluding carboxylic acids is 1. The maximum atomic E-state index is 11.7. The van der Waals surface area contributed by atoms with Crippen LogP contribution in [0.3, 0.4) is 0 Å². The molecule has 0 bridgehead atoms. The average Bonchev–Trinajstić information content (AvgIpc) is 2.61. The fourth-order valence-electron chi connectivity index (χ4n) is 2.20. The third kappa shape index (κ3) is 7.30. The van der Waals surface area contributed by atoms with Crippen LogP contribution >= 0.6 is 0 Å². The van der Waals surface area contributed by atoms with E-state index in [9.17, 15) is 13.2 Å². The van der Waals surface area contributed by atoms with E-state index in [0.29, 0.717) is 30.2 Å². The van der Waals surface area contributed by atoms with E-state index < -0.39 is 15.8 Å². The first-order valence-electron chi connectivity index (χ1n) is 8.10. The SMILES string of the molecule is CN=C(NCc1ccc(C(=O)OC)c(OC)c1)NC(C)CCS(C)(=O)=O. The zero-order valence-corrected chi connectivity index (χ0v) is 16.6. The Hall–Kier alpha value is -2.29. The van der Waals surface area contributed by atoms with Crippen LogP contribution in [0.4, 0.5) is 0 Å². The Morgan fingerprint density at radius 1 is 1.31 bits per heavy atom. The Bertz CT molecular complexity index is 747. The number of nitrogens with zero attached hydrogens (tertiary/aromatic N) is 1. The molecule has 0 aliphatic rings. The van der Waals surface area contributed by atoms with Gasteiger partial charge in [0, 0.05) is 25.9 Å². The molecule has 1 rings (SSSR count). The Kier molecular flexibility index (Phi) is 8.37. The van der Waals surface area contributed by atoms with Gasteiger partial charge in [-0.25, -0.2) is 13.2 Å². The number of hydrogen-bond acceptors (Lipinski definition) is 6. The van der Waals surface area contributed by atoms with Gasteiger partial charge in [0.05, 0.1) is 20.0 Å². The summed E-state index contributed by atoms with van der Waals surface area (Å²) >= 11 is 0. The van der Waals surface area contributed by atoms with Crippen molar-refractivity contribution < 1.29 is 22.7 Å². The van der Waals surface area contributed by atoms with Crippen LogP contribution in [0.15, 0.2) is 23.2 Å². The molecule has 9 heteroatoms. The van der Waals surface area contributed by atoms with Gasteiger partial charge in [-0.1, -0.05) is 6.07 Å². The second-order valence-corrected chi connectivity index (χ2v) is 8.18. The molecule has 0 radical (unpaired) electrons. The van der Waals surface area contributed by atoms with E-state index in [1.54, 1.807) is 25.2 Å². The number of rotatable bonds is 8.